The molecule has 5 rings (SSSR count). The summed E-state index contributed by atoms with van der Waals surface area (Å²) in [4.78, 5) is 16.8. The number of carbonyl (C=O) groups excluding carboxylic acids is 1. The predicted molar refractivity (Wildman–Crippen MR) is 130 cm³/mol. The molecule has 1 aromatic heterocycles. The molecule has 1 saturated heterocycles. The number of aromatic nitrogens is 1. The SMILES string of the molecule is CNC(=O)c1ccc2c(C3=N[C@@H]4C(O)[C@H](O)C(CO)O[C@@H]4O3)cn(Cc3ccc(Cl)c(Cl)c3)c2c1. The summed E-state index contributed by atoms with van der Waals surface area (Å²) >= 11 is 12.3. The molecule has 1 amide bonds. The number of benzene rings is 2. The van der Waals surface area contributed by atoms with E-state index in [-0.39, 0.29) is 11.8 Å². The average Bonchev–Trinajstić information content (AvgIpc) is 3.44. The van der Waals surface area contributed by atoms with Crippen molar-refractivity contribution in [1.29, 1.82) is 0 Å². The van der Waals surface area contributed by atoms with Crippen LogP contribution in [-0.4, -0.2) is 76.0 Å². The molecule has 2 aliphatic rings. The van der Waals surface area contributed by atoms with E-state index in [1.807, 2.05) is 16.8 Å². The van der Waals surface area contributed by atoms with E-state index in [1.54, 1.807) is 37.4 Å². The van der Waals surface area contributed by atoms with Crippen LogP contribution in [0.1, 0.15) is 21.5 Å². The zero-order chi connectivity index (χ0) is 24.9. The minimum atomic E-state index is -1.29. The lowest BCUT2D eigenvalue weighted by atomic mass is 9.98. The minimum absolute atomic E-state index is 0.225. The fourth-order valence-electron chi connectivity index (χ4n) is 4.42. The van der Waals surface area contributed by atoms with E-state index in [0.29, 0.717) is 27.7 Å². The largest absolute Gasteiger partial charge is 0.445 e. The highest BCUT2D eigenvalue weighted by Crippen LogP contribution is 2.33. The van der Waals surface area contributed by atoms with Crippen molar-refractivity contribution in [2.24, 2.45) is 4.99 Å². The smallest absolute Gasteiger partial charge is 0.251 e. The molecule has 2 aromatic carbocycles. The van der Waals surface area contributed by atoms with Crippen LogP contribution in [0.5, 0.6) is 0 Å². The zero-order valence-corrected chi connectivity index (χ0v) is 20.1. The number of hydrogen-bond donors (Lipinski definition) is 4. The average molecular weight is 520 g/mol. The van der Waals surface area contributed by atoms with Gasteiger partial charge in [-0.15, -0.1) is 0 Å². The summed E-state index contributed by atoms with van der Waals surface area (Å²) in [6.45, 7) is -0.0412. The highest BCUT2D eigenvalue weighted by atomic mass is 35.5. The molecule has 0 bridgehead atoms. The van der Waals surface area contributed by atoms with Crippen LogP contribution in [-0.2, 0) is 16.0 Å². The van der Waals surface area contributed by atoms with Crippen molar-refractivity contribution < 1.29 is 29.6 Å². The maximum atomic E-state index is 12.3. The highest BCUT2D eigenvalue weighted by molar-refractivity contribution is 6.42. The van der Waals surface area contributed by atoms with Crippen LogP contribution < -0.4 is 5.32 Å². The molecule has 35 heavy (non-hydrogen) atoms. The normalized spacial score (nSPS) is 25.8. The first-order chi connectivity index (χ1) is 16.8. The topological polar surface area (TPSA) is 126 Å². The second kappa shape index (κ2) is 9.42. The van der Waals surface area contributed by atoms with E-state index in [9.17, 15) is 20.1 Å². The Kier molecular flexibility index (Phi) is 6.47. The fourth-order valence-corrected chi connectivity index (χ4v) is 4.74. The molecule has 0 saturated carbocycles. The predicted octanol–water partition coefficient (Wildman–Crippen LogP) is 1.94. The Morgan fingerprint density at radius 3 is 2.66 bits per heavy atom. The maximum absolute atomic E-state index is 12.3. The summed E-state index contributed by atoms with van der Waals surface area (Å²) in [5.74, 6) is 0.00666. The van der Waals surface area contributed by atoms with Gasteiger partial charge in [0.25, 0.3) is 5.91 Å². The number of fused-ring (bicyclic) bond motifs is 2. The van der Waals surface area contributed by atoms with Crippen LogP contribution in [0.2, 0.25) is 10.0 Å². The lowest BCUT2D eigenvalue weighted by Gasteiger charge is -2.36. The number of ether oxygens (including phenoxy) is 2. The molecule has 0 aliphatic carbocycles. The molecule has 2 unspecified atom stereocenters. The monoisotopic (exact) mass is 519 g/mol. The highest BCUT2D eigenvalue weighted by Gasteiger charge is 2.49. The van der Waals surface area contributed by atoms with Gasteiger partial charge in [-0.05, 0) is 29.8 Å². The van der Waals surface area contributed by atoms with Gasteiger partial charge in [0.15, 0.2) is 0 Å². The van der Waals surface area contributed by atoms with E-state index in [1.165, 1.54) is 0 Å². The van der Waals surface area contributed by atoms with Gasteiger partial charge in [-0.1, -0.05) is 35.3 Å². The number of rotatable bonds is 5. The van der Waals surface area contributed by atoms with Crippen molar-refractivity contribution in [3.05, 3.63) is 69.3 Å². The number of halogens is 2. The number of nitrogens with zero attached hydrogens (tertiary/aromatic N) is 2. The Balaban J connectivity index is 1.57. The summed E-state index contributed by atoms with van der Waals surface area (Å²) in [5.41, 5.74) is 2.76. The Morgan fingerprint density at radius 2 is 1.94 bits per heavy atom. The molecule has 2 aliphatic heterocycles. The van der Waals surface area contributed by atoms with Crippen molar-refractivity contribution >= 4 is 45.9 Å². The first kappa shape index (κ1) is 24.1. The number of aliphatic hydroxyl groups excluding tert-OH is 3. The van der Waals surface area contributed by atoms with Gasteiger partial charge >= 0.3 is 0 Å². The molecular formula is C24H23Cl2N3O6. The van der Waals surface area contributed by atoms with Crippen molar-refractivity contribution in [3.8, 4) is 0 Å². The number of hydrogen-bond acceptors (Lipinski definition) is 7. The standard InChI is InChI=1S/C24H23Cl2N3O6/c1-27-22(33)12-3-4-13-14(23-28-19-21(32)20(31)18(10-30)34-24(19)35-23)9-29(17(13)7-12)8-11-2-5-15(25)16(26)6-11/h2-7,9,18-21,24,30-32H,8,10H2,1H3,(H,27,33)/t18?,19-,20-,21?,24-/m1/s1. The van der Waals surface area contributed by atoms with Crippen LogP contribution in [0, 0.1) is 0 Å². The van der Waals surface area contributed by atoms with Crippen molar-refractivity contribution in [3.63, 3.8) is 0 Å². The molecule has 5 atom stereocenters. The quantitative estimate of drug-likeness (QED) is 0.408. The first-order valence-corrected chi connectivity index (χ1v) is 11.7. The van der Waals surface area contributed by atoms with Crippen LogP contribution in [0.4, 0.5) is 0 Å². The Labute approximate surface area is 210 Å². The first-order valence-electron chi connectivity index (χ1n) is 11.0. The zero-order valence-electron chi connectivity index (χ0n) is 18.6. The summed E-state index contributed by atoms with van der Waals surface area (Å²) in [6.07, 6.45) is -2.64. The van der Waals surface area contributed by atoms with Crippen LogP contribution in [0.3, 0.4) is 0 Å². The Morgan fingerprint density at radius 1 is 1.14 bits per heavy atom. The van der Waals surface area contributed by atoms with E-state index in [4.69, 9.17) is 32.7 Å². The van der Waals surface area contributed by atoms with E-state index >= 15 is 0 Å². The van der Waals surface area contributed by atoms with E-state index in [0.717, 1.165) is 16.5 Å². The van der Waals surface area contributed by atoms with Crippen LogP contribution >= 0.6 is 23.2 Å². The second-order valence-corrected chi connectivity index (χ2v) is 9.29. The summed E-state index contributed by atoms with van der Waals surface area (Å²) in [6, 6.07) is 9.79. The third kappa shape index (κ3) is 4.29. The molecule has 11 heteroatoms. The van der Waals surface area contributed by atoms with E-state index < -0.39 is 37.3 Å². The second-order valence-electron chi connectivity index (χ2n) is 8.48. The van der Waals surface area contributed by atoms with Crippen LogP contribution in [0.15, 0.2) is 47.6 Å². The molecular weight excluding hydrogens is 497 g/mol. The number of aliphatic hydroxyl groups is 3. The number of amides is 1. The van der Waals surface area contributed by atoms with Crippen molar-refractivity contribution in [2.75, 3.05) is 13.7 Å². The number of aliphatic imine (C=N–C) groups is 1. The Hall–Kier alpha value is -2.66. The van der Waals surface area contributed by atoms with Crippen molar-refractivity contribution in [1.82, 2.24) is 9.88 Å². The van der Waals surface area contributed by atoms with Crippen molar-refractivity contribution in [2.45, 2.75) is 37.2 Å². The van der Waals surface area contributed by atoms with Gasteiger partial charge in [-0.25, -0.2) is 4.99 Å². The van der Waals surface area contributed by atoms with E-state index in [2.05, 4.69) is 10.3 Å². The number of carbonyl (C=O) groups is 1. The molecule has 1 fully saturated rings. The minimum Gasteiger partial charge on any atom is -0.445 e. The van der Waals surface area contributed by atoms with Gasteiger partial charge in [0.2, 0.25) is 12.2 Å². The lowest BCUT2D eigenvalue weighted by Crippen LogP contribution is -2.56. The number of nitrogens with one attached hydrogen (secondary N) is 1. The third-order valence-corrected chi connectivity index (χ3v) is 7.02. The van der Waals surface area contributed by atoms with Gasteiger partial charge in [-0.3, -0.25) is 4.79 Å². The molecule has 3 heterocycles. The van der Waals surface area contributed by atoms with Gasteiger partial charge in [0, 0.05) is 36.3 Å². The third-order valence-electron chi connectivity index (χ3n) is 6.28. The maximum Gasteiger partial charge on any atom is 0.251 e. The lowest BCUT2D eigenvalue weighted by molar-refractivity contribution is -0.234. The van der Waals surface area contributed by atoms with Gasteiger partial charge in [0.1, 0.15) is 24.4 Å². The molecule has 0 spiro atoms. The molecule has 4 N–H and O–H groups in total. The molecule has 9 nitrogen and oxygen atoms in total. The van der Waals surface area contributed by atoms with Gasteiger partial charge < -0.3 is 34.7 Å². The molecule has 0 radical (unpaired) electrons. The molecule has 3 aromatic rings. The Bertz CT molecular complexity index is 1330. The molecule has 184 valence electrons. The summed E-state index contributed by atoms with van der Waals surface area (Å²) in [7, 11) is 1.56. The van der Waals surface area contributed by atoms with Crippen LogP contribution in [0.25, 0.3) is 10.9 Å². The summed E-state index contributed by atoms with van der Waals surface area (Å²) < 4.78 is 13.5. The summed E-state index contributed by atoms with van der Waals surface area (Å²) in [5, 5.41) is 34.4. The van der Waals surface area contributed by atoms with Gasteiger partial charge in [0.05, 0.1) is 22.2 Å². The fraction of sp³-hybridized carbons (Fsp3) is 0.333. The van der Waals surface area contributed by atoms with Gasteiger partial charge in [-0.2, -0.15) is 0 Å².